The summed E-state index contributed by atoms with van der Waals surface area (Å²) in [4.78, 5) is 10.1. The van der Waals surface area contributed by atoms with E-state index in [1.165, 1.54) is 0 Å². The monoisotopic (exact) mass is 228 g/mol. The first-order valence-corrected chi connectivity index (χ1v) is 4.82. The van der Waals surface area contributed by atoms with Crippen LogP contribution in [0.3, 0.4) is 0 Å². The Kier molecular flexibility index (Phi) is 4.33. The van der Waals surface area contributed by atoms with Crippen molar-refractivity contribution in [2.45, 2.75) is 19.6 Å². The van der Waals surface area contributed by atoms with Gasteiger partial charge in [-0.25, -0.2) is 4.39 Å². The number of nitrogens with zero attached hydrogens (tertiary/aromatic N) is 1. The molecule has 88 valence electrons. The number of nitro groups is 1. The van der Waals surface area contributed by atoms with Gasteiger partial charge in [0, 0.05) is 24.7 Å². The van der Waals surface area contributed by atoms with Crippen molar-refractivity contribution in [2.24, 2.45) is 0 Å². The Hall–Kier alpha value is -1.53. The third-order valence-corrected chi connectivity index (χ3v) is 1.99. The first-order chi connectivity index (χ1) is 7.50. The highest BCUT2D eigenvalue weighted by Gasteiger charge is 2.13. The second kappa shape index (κ2) is 5.53. The summed E-state index contributed by atoms with van der Waals surface area (Å²) in [6.07, 6.45) is -0.549. The lowest BCUT2D eigenvalue weighted by Gasteiger charge is -2.07. The first kappa shape index (κ1) is 12.5. The largest absolute Gasteiger partial charge is 0.392 e. The molecule has 16 heavy (non-hydrogen) atoms. The van der Waals surface area contributed by atoms with Crippen molar-refractivity contribution >= 4 is 5.69 Å². The number of aliphatic hydroxyl groups excluding tert-OH is 1. The fourth-order valence-electron chi connectivity index (χ4n) is 1.29. The zero-order chi connectivity index (χ0) is 12.1. The zero-order valence-electron chi connectivity index (χ0n) is 8.81. The maximum absolute atomic E-state index is 12.9. The number of benzene rings is 1. The minimum absolute atomic E-state index is 0.125. The van der Waals surface area contributed by atoms with Crippen LogP contribution >= 0.6 is 0 Å². The SMILES string of the molecule is CC(O)CNCc1cc(F)ccc1[N+](=O)[O-]. The lowest BCUT2D eigenvalue weighted by atomic mass is 10.1. The average Bonchev–Trinajstić information content (AvgIpc) is 2.16. The summed E-state index contributed by atoms with van der Waals surface area (Å²) in [5.74, 6) is -0.514. The molecule has 0 aliphatic carbocycles. The molecule has 1 rings (SSSR count). The van der Waals surface area contributed by atoms with Crippen molar-refractivity contribution in [2.75, 3.05) is 6.54 Å². The number of aliphatic hydroxyl groups is 1. The number of halogens is 1. The Morgan fingerprint density at radius 3 is 2.88 bits per heavy atom. The molecule has 1 unspecified atom stereocenters. The smallest absolute Gasteiger partial charge is 0.274 e. The summed E-state index contributed by atoms with van der Waals surface area (Å²) in [7, 11) is 0. The summed E-state index contributed by atoms with van der Waals surface area (Å²) in [6.45, 7) is 2.04. The highest BCUT2D eigenvalue weighted by Crippen LogP contribution is 2.19. The molecule has 6 heteroatoms. The van der Waals surface area contributed by atoms with Crippen LogP contribution in [0.1, 0.15) is 12.5 Å². The van der Waals surface area contributed by atoms with Gasteiger partial charge in [-0.1, -0.05) is 0 Å². The number of hydrogen-bond acceptors (Lipinski definition) is 4. The Morgan fingerprint density at radius 1 is 1.62 bits per heavy atom. The van der Waals surface area contributed by atoms with E-state index >= 15 is 0 Å². The van der Waals surface area contributed by atoms with Gasteiger partial charge in [0.15, 0.2) is 0 Å². The molecule has 0 amide bonds. The molecule has 1 aromatic rings. The van der Waals surface area contributed by atoms with Gasteiger partial charge in [0.05, 0.1) is 11.0 Å². The number of hydrogen-bond donors (Lipinski definition) is 2. The number of nitrogens with one attached hydrogen (secondary N) is 1. The second-order valence-corrected chi connectivity index (χ2v) is 3.51. The number of rotatable bonds is 5. The van der Waals surface area contributed by atoms with E-state index < -0.39 is 16.8 Å². The molecule has 0 saturated heterocycles. The van der Waals surface area contributed by atoms with Crippen LogP contribution in [0, 0.1) is 15.9 Å². The Labute approximate surface area is 92.1 Å². The fraction of sp³-hybridized carbons (Fsp3) is 0.400. The fourth-order valence-corrected chi connectivity index (χ4v) is 1.29. The molecule has 0 aliphatic heterocycles. The van der Waals surface area contributed by atoms with Crippen molar-refractivity contribution in [3.8, 4) is 0 Å². The predicted octanol–water partition coefficient (Wildman–Crippen LogP) is 1.20. The first-order valence-electron chi connectivity index (χ1n) is 4.82. The molecular weight excluding hydrogens is 215 g/mol. The molecule has 0 spiro atoms. The zero-order valence-corrected chi connectivity index (χ0v) is 8.81. The third kappa shape index (κ3) is 3.56. The molecule has 0 aliphatic rings. The second-order valence-electron chi connectivity index (χ2n) is 3.51. The van der Waals surface area contributed by atoms with Crippen LogP contribution < -0.4 is 5.32 Å². The highest BCUT2D eigenvalue weighted by molar-refractivity contribution is 5.40. The predicted molar refractivity (Wildman–Crippen MR) is 56.4 cm³/mol. The van der Waals surface area contributed by atoms with Crippen LogP contribution in [0.5, 0.6) is 0 Å². The lowest BCUT2D eigenvalue weighted by Crippen LogP contribution is -2.24. The van der Waals surface area contributed by atoms with Crippen LogP contribution in [-0.2, 0) is 6.54 Å². The maximum Gasteiger partial charge on any atom is 0.274 e. The molecule has 0 saturated carbocycles. The van der Waals surface area contributed by atoms with Gasteiger partial charge in [0.25, 0.3) is 5.69 Å². The van der Waals surface area contributed by atoms with Crippen LogP contribution in [0.25, 0.3) is 0 Å². The summed E-state index contributed by atoms with van der Waals surface area (Å²) >= 11 is 0. The van der Waals surface area contributed by atoms with E-state index in [1.807, 2.05) is 0 Å². The summed E-state index contributed by atoms with van der Waals surface area (Å²) < 4.78 is 12.9. The van der Waals surface area contributed by atoms with E-state index in [9.17, 15) is 14.5 Å². The Bertz CT molecular complexity index is 382. The molecular formula is C10H13FN2O3. The Morgan fingerprint density at radius 2 is 2.31 bits per heavy atom. The minimum Gasteiger partial charge on any atom is -0.392 e. The topological polar surface area (TPSA) is 75.4 Å². The quantitative estimate of drug-likeness (QED) is 0.586. The molecule has 0 heterocycles. The molecule has 0 bridgehead atoms. The minimum atomic E-state index is -0.557. The van der Waals surface area contributed by atoms with Gasteiger partial charge in [0.2, 0.25) is 0 Å². The summed E-state index contributed by atoms with van der Waals surface area (Å²) in [5.41, 5.74) is 0.144. The van der Waals surface area contributed by atoms with Crippen molar-refractivity contribution in [1.29, 1.82) is 0 Å². The summed E-state index contributed by atoms with van der Waals surface area (Å²) in [5, 5.41) is 22.4. The van der Waals surface area contributed by atoms with Crippen molar-refractivity contribution < 1.29 is 14.4 Å². The van der Waals surface area contributed by atoms with E-state index in [2.05, 4.69) is 5.32 Å². The van der Waals surface area contributed by atoms with Gasteiger partial charge < -0.3 is 10.4 Å². The van der Waals surface area contributed by atoms with E-state index in [0.717, 1.165) is 18.2 Å². The van der Waals surface area contributed by atoms with Gasteiger partial charge in [-0.2, -0.15) is 0 Å². The molecule has 2 N–H and O–H groups in total. The van der Waals surface area contributed by atoms with Crippen molar-refractivity contribution in [3.63, 3.8) is 0 Å². The Balaban J connectivity index is 2.76. The average molecular weight is 228 g/mol. The molecule has 1 aromatic carbocycles. The van der Waals surface area contributed by atoms with Gasteiger partial charge in [-0.05, 0) is 19.1 Å². The van der Waals surface area contributed by atoms with Crippen molar-refractivity contribution in [1.82, 2.24) is 5.32 Å². The number of nitro benzene ring substituents is 1. The molecule has 0 fully saturated rings. The maximum atomic E-state index is 12.9. The van der Waals surface area contributed by atoms with Crippen LogP contribution in [0.2, 0.25) is 0 Å². The van der Waals surface area contributed by atoms with E-state index in [1.54, 1.807) is 6.92 Å². The third-order valence-electron chi connectivity index (χ3n) is 1.99. The van der Waals surface area contributed by atoms with Crippen LogP contribution in [0.4, 0.5) is 10.1 Å². The van der Waals surface area contributed by atoms with Gasteiger partial charge in [-0.15, -0.1) is 0 Å². The van der Waals surface area contributed by atoms with Gasteiger partial charge >= 0.3 is 0 Å². The molecule has 0 radical (unpaired) electrons. The van der Waals surface area contributed by atoms with Gasteiger partial charge in [0.1, 0.15) is 5.82 Å². The molecule has 5 nitrogen and oxygen atoms in total. The normalized spacial score (nSPS) is 12.4. The van der Waals surface area contributed by atoms with Crippen LogP contribution in [0.15, 0.2) is 18.2 Å². The van der Waals surface area contributed by atoms with E-state index in [4.69, 9.17) is 5.11 Å². The highest BCUT2D eigenvalue weighted by atomic mass is 19.1. The molecule has 0 aromatic heterocycles. The lowest BCUT2D eigenvalue weighted by molar-refractivity contribution is -0.385. The van der Waals surface area contributed by atoms with Gasteiger partial charge in [-0.3, -0.25) is 10.1 Å². The van der Waals surface area contributed by atoms with Crippen molar-refractivity contribution in [3.05, 3.63) is 39.7 Å². The standard InChI is InChI=1S/C10H13FN2O3/c1-7(14)5-12-6-8-4-9(11)2-3-10(8)13(15)16/h2-4,7,12,14H,5-6H2,1H3. The van der Waals surface area contributed by atoms with Crippen LogP contribution in [-0.4, -0.2) is 22.7 Å². The molecule has 1 atom stereocenters. The summed E-state index contributed by atoms with van der Waals surface area (Å²) in [6, 6.07) is 3.30. The van der Waals surface area contributed by atoms with E-state index in [0.29, 0.717) is 6.54 Å². The van der Waals surface area contributed by atoms with E-state index in [-0.39, 0.29) is 17.8 Å².